The average Bonchev–Trinajstić information content (AvgIpc) is 3.53. The molecule has 3 heterocycles. The molecule has 2 amide bonds. The fourth-order valence-electron chi connectivity index (χ4n) is 4.62. The first-order chi connectivity index (χ1) is 17.0. The number of hydrogen-bond acceptors (Lipinski definition) is 6. The summed E-state index contributed by atoms with van der Waals surface area (Å²) in [5.74, 6) is 0.132. The van der Waals surface area contributed by atoms with Gasteiger partial charge in [-0.25, -0.2) is 0 Å². The molecule has 2 fully saturated rings. The maximum absolute atomic E-state index is 12.9. The first-order valence-corrected chi connectivity index (χ1v) is 12.1. The Morgan fingerprint density at radius 2 is 1.69 bits per heavy atom. The summed E-state index contributed by atoms with van der Waals surface area (Å²) in [5.41, 5.74) is 5.78. The van der Waals surface area contributed by atoms with E-state index in [9.17, 15) is 9.59 Å². The van der Waals surface area contributed by atoms with Gasteiger partial charge >= 0.3 is 0 Å². The van der Waals surface area contributed by atoms with Gasteiger partial charge < -0.3 is 20.4 Å². The number of nitrogens with one attached hydrogen (secondary N) is 2. The quantitative estimate of drug-likeness (QED) is 0.554. The normalized spacial score (nSPS) is 17.7. The highest BCUT2D eigenvalue weighted by Gasteiger charge is 2.35. The Morgan fingerprint density at radius 1 is 0.943 bits per heavy atom. The van der Waals surface area contributed by atoms with Crippen molar-refractivity contribution in [1.82, 2.24) is 10.2 Å². The lowest BCUT2D eigenvalue weighted by Crippen LogP contribution is -2.28. The molecule has 2 aliphatic rings. The van der Waals surface area contributed by atoms with Crippen LogP contribution in [0.25, 0.3) is 0 Å². The highest BCUT2D eigenvalue weighted by molar-refractivity contribution is 6.03. The number of amides is 2. The highest BCUT2D eigenvalue weighted by atomic mass is 16.2. The van der Waals surface area contributed by atoms with Crippen LogP contribution in [0.15, 0.2) is 54.7 Å². The van der Waals surface area contributed by atoms with Crippen molar-refractivity contribution >= 4 is 40.4 Å². The van der Waals surface area contributed by atoms with E-state index in [-0.39, 0.29) is 24.2 Å². The van der Waals surface area contributed by atoms with E-state index in [1.165, 1.54) is 18.4 Å². The van der Waals surface area contributed by atoms with Gasteiger partial charge in [-0.05, 0) is 74.2 Å². The predicted octanol–water partition coefficient (Wildman–Crippen LogP) is 4.43. The predicted molar refractivity (Wildman–Crippen MR) is 138 cm³/mol. The Bertz CT molecular complexity index is 1240. The molecule has 8 heteroatoms. The molecule has 0 aliphatic carbocycles. The van der Waals surface area contributed by atoms with Gasteiger partial charge in [0.2, 0.25) is 11.8 Å². The maximum atomic E-state index is 12.9. The monoisotopic (exact) mass is 470 g/mol. The SMILES string of the molecule is Cc1ccc(N2CC(C(=O)Nc3ccc(Nc4cc(N5CCCC5)cnn4)cc3)CC2=O)cc1C. The molecule has 3 aromatic rings. The molecule has 1 atom stereocenters. The minimum atomic E-state index is -0.384. The molecule has 0 saturated carbocycles. The summed E-state index contributed by atoms with van der Waals surface area (Å²) >= 11 is 0. The van der Waals surface area contributed by atoms with Crippen LogP contribution in [-0.4, -0.2) is 41.6 Å². The average molecular weight is 471 g/mol. The van der Waals surface area contributed by atoms with Crippen LogP contribution in [0.4, 0.5) is 28.6 Å². The molecule has 2 aliphatic heterocycles. The lowest BCUT2D eigenvalue weighted by Gasteiger charge is -2.18. The van der Waals surface area contributed by atoms with Crippen molar-refractivity contribution in [3.05, 3.63) is 65.9 Å². The van der Waals surface area contributed by atoms with Crippen molar-refractivity contribution in [3.63, 3.8) is 0 Å². The molecule has 2 aromatic carbocycles. The number of nitrogens with zero attached hydrogens (tertiary/aromatic N) is 4. The van der Waals surface area contributed by atoms with Gasteiger partial charge in [-0.3, -0.25) is 9.59 Å². The molecule has 1 aromatic heterocycles. The molecular formula is C27H30N6O2. The van der Waals surface area contributed by atoms with Crippen molar-refractivity contribution in [3.8, 4) is 0 Å². The molecule has 0 radical (unpaired) electrons. The Balaban J connectivity index is 1.19. The van der Waals surface area contributed by atoms with Gasteiger partial charge in [-0.15, -0.1) is 5.10 Å². The van der Waals surface area contributed by atoms with E-state index in [1.807, 2.05) is 62.4 Å². The van der Waals surface area contributed by atoms with E-state index < -0.39 is 0 Å². The Hall–Kier alpha value is -3.94. The van der Waals surface area contributed by atoms with Gasteiger partial charge in [-0.2, -0.15) is 5.10 Å². The lowest BCUT2D eigenvalue weighted by molar-refractivity contribution is -0.122. The molecule has 0 spiro atoms. The summed E-state index contributed by atoms with van der Waals surface area (Å²) in [7, 11) is 0. The second-order valence-corrected chi connectivity index (χ2v) is 9.36. The fourth-order valence-corrected chi connectivity index (χ4v) is 4.62. The summed E-state index contributed by atoms with van der Waals surface area (Å²) in [4.78, 5) is 29.5. The maximum Gasteiger partial charge on any atom is 0.229 e. The lowest BCUT2D eigenvalue weighted by atomic mass is 10.1. The molecule has 1 unspecified atom stereocenters. The number of hydrogen-bond donors (Lipinski definition) is 2. The Labute approximate surface area is 205 Å². The van der Waals surface area contributed by atoms with Crippen molar-refractivity contribution in [1.29, 1.82) is 0 Å². The minimum Gasteiger partial charge on any atom is -0.370 e. The number of aryl methyl sites for hydroxylation is 2. The van der Waals surface area contributed by atoms with E-state index in [1.54, 1.807) is 11.1 Å². The van der Waals surface area contributed by atoms with Gasteiger partial charge in [0.05, 0.1) is 17.8 Å². The first kappa shape index (κ1) is 22.8. The summed E-state index contributed by atoms with van der Waals surface area (Å²) in [6, 6.07) is 15.4. The van der Waals surface area contributed by atoms with Gasteiger partial charge in [0.15, 0.2) is 5.82 Å². The third-order valence-corrected chi connectivity index (χ3v) is 6.83. The number of carbonyl (C=O) groups is 2. The van der Waals surface area contributed by atoms with Gasteiger partial charge in [-0.1, -0.05) is 6.07 Å². The molecule has 2 N–H and O–H groups in total. The van der Waals surface area contributed by atoms with Crippen molar-refractivity contribution in [2.24, 2.45) is 5.92 Å². The fraction of sp³-hybridized carbons (Fsp3) is 0.333. The standard InChI is InChI=1S/C27H30N6O2/c1-18-5-10-23(13-19(18)2)33-17-20(14-26(33)34)27(35)30-22-8-6-21(7-9-22)29-25-15-24(16-28-31-25)32-11-3-4-12-32/h5-10,13,15-16,20H,3-4,11-12,14,17H2,1-2H3,(H,29,31)(H,30,35). The van der Waals surface area contributed by atoms with Crippen LogP contribution in [0.2, 0.25) is 0 Å². The largest absolute Gasteiger partial charge is 0.370 e. The number of carbonyl (C=O) groups excluding carboxylic acids is 2. The molecule has 35 heavy (non-hydrogen) atoms. The minimum absolute atomic E-state index is 0.0229. The van der Waals surface area contributed by atoms with Gasteiger partial charge in [0.1, 0.15) is 0 Å². The van der Waals surface area contributed by atoms with Crippen molar-refractivity contribution in [2.45, 2.75) is 33.1 Å². The number of anilines is 5. The summed E-state index contributed by atoms with van der Waals surface area (Å²) in [6.07, 6.45) is 4.42. The molecule has 0 bridgehead atoms. The van der Waals surface area contributed by atoms with E-state index in [2.05, 4.69) is 25.7 Å². The van der Waals surface area contributed by atoms with E-state index in [0.717, 1.165) is 35.7 Å². The highest BCUT2D eigenvalue weighted by Crippen LogP contribution is 2.28. The van der Waals surface area contributed by atoms with Crippen LogP contribution in [0, 0.1) is 19.8 Å². The summed E-state index contributed by atoms with van der Waals surface area (Å²) in [6.45, 7) is 6.56. The topological polar surface area (TPSA) is 90.5 Å². The van der Waals surface area contributed by atoms with Crippen LogP contribution in [-0.2, 0) is 9.59 Å². The zero-order valence-electron chi connectivity index (χ0n) is 20.1. The van der Waals surface area contributed by atoms with Gasteiger partial charge in [0, 0.05) is 49.2 Å². The zero-order valence-corrected chi connectivity index (χ0v) is 20.1. The van der Waals surface area contributed by atoms with E-state index in [0.29, 0.717) is 18.1 Å². The van der Waals surface area contributed by atoms with Crippen molar-refractivity contribution in [2.75, 3.05) is 40.1 Å². The summed E-state index contributed by atoms with van der Waals surface area (Å²) < 4.78 is 0. The molecule has 5 rings (SSSR count). The number of rotatable bonds is 6. The van der Waals surface area contributed by atoms with Crippen molar-refractivity contribution < 1.29 is 9.59 Å². The Morgan fingerprint density at radius 3 is 2.43 bits per heavy atom. The van der Waals surface area contributed by atoms with Crippen LogP contribution in [0.5, 0.6) is 0 Å². The van der Waals surface area contributed by atoms with Gasteiger partial charge in [0.25, 0.3) is 0 Å². The third kappa shape index (κ3) is 5.11. The third-order valence-electron chi connectivity index (χ3n) is 6.83. The molecule has 8 nitrogen and oxygen atoms in total. The number of benzene rings is 2. The smallest absolute Gasteiger partial charge is 0.229 e. The first-order valence-electron chi connectivity index (χ1n) is 12.1. The second kappa shape index (κ2) is 9.74. The second-order valence-electron chi connectivity index (χ2n) is 9.36. The van der Waals surface area contributed by atoms with Crippen LogP contribution in [0.1, 0.15) is 30.4 Å². The van der Waals surface area contributed by atoms with E-state index in [4.69, 9.17) is 0 Å². The number of aromatic nitrogens is 2. The molecule has 180 valence electrons. The molecular weight excluding hydrogens is 440 g/mol. The Kier molecular flexibility index (Phi) is 6.35. The van der Waals surface area contributed by atoms with E-state index >= 15 is 0 Å². The summed E-state index contributed by atoms with van der Waals surface area (Å²) in [5, 5.41) is 14.5. The van der Waals surface area contributed by atoms with Crippen LogP contribution >= 0.6 is 0 Å². The van der Waals surface area contributed by atoms with Crippen LogP contribution in [0.3, 0.4) is 0 Å². The zero-order chi connectivity index (χ0) is 24.4. The molecule has 2 saturated heterocycles. The van der Waals surface area contributed by atoms with Crippen LogP contribution < -0.4 is 20.4 Å².